The summed E-state index contributed by atoms with van der Waals surface area (Å²) in [7, 11) is -5.22. The summed E-state index contributed by atoms with van der Waals surface area (Å²) >= 11 is 0. The molecule has 0 aliphatic carbocycles. The van der Waals surface area contributed by atoms with Crippen molar-refractivity contribution in [2.75, 3.05) is 0 Å². The summed E-state index contributed by atoms with van der Waals surface area (Å²) in [5.74, 6) is 0.501. The molecule has 2 rings (SSSR count). The van der Waals surface area contributed by atoms with Gasteiger partial charge in [-0.05, 0) is 12.1 Å². The van der Waals surface area contributed by atoms with Crippen LogP contribution in [0.25, 0.3) is 0 Å². The van der Waals surface area contributed by atoms with Crippen molar-refractivity contribution in [3.8, 4) is 11.5 Å². The minimum absolute atomic E-state index is 0.251. The normalized spacial score (nSPS) is 10.8. The van der Waals surface area contributed by atoms with Gasteiger partial charge in [-0.25, -0.2) is 4.31 Å². The maximum Gasteiger partial charge on any atom is 0.334 e. The highest BCUT2D eigenvalue weighted by molar-refractivity contribution is 7.53. The quantitative estimate of drug-likeness (QED) is 0.0288. The van der Waals surface area contributed by atoms with Crippen molar-refractivity contribution < 1.29 is 34.1 Å². The molecule has 0 radical (unpaired) electrons. The second-order valence-corrected chi connectivity index (χ2v) is 23.6. The highest BCUT2D eigenvalue weighted by atomic mass is 31.2. The minimum atomic E-state index is -2.61. The highest BCUT2D eigenvalue weighted by Crippen LogP contribution is 2.42. The monoisotopic (exact) mass is 1110 g/mol. The van der Waals surface area contributed by atoms with E-state index in [4.69, 9.17) is 19.6 Å². The molecule has 9 heteroatoms. The third-order valence-electron chi connectivity index (χ3n) is 14.1. The van der Waals surface area contributed by atoms with E-state index in [1.165, 1.54) is 283 Å². The van der Waals surface area contributed by atoms with E-state index >= 15 is 0 Å². The Bertz CT molecular complexity index is 1160. The van der Waals surface area contributed by atoms with Gasteiger partial charge in [0, 0.05) is 16.5 Å². The van der Waals surface area contributed by atoms with Gasteiger partial charge in [-0.1, -0.05) is 388 Å². The molecule has 0 saturated heterocycles. The van der Waals surface area contributed by atoms with Crippen LogP contribution in [0.3, 0.4) is 0 Å². The number of phenols is 2. The third-order valence-corrected chi connectivity index (χ3v) is 15.3. The third kappa shape index (κ3) is 63.5. The minimum Gasteiger partial charge on any atom is -0.508 e. The van der Waals surface area contributed by atoms with E-state index in [0.717, 1.165) is 11.1 Å². The van der Waals surface area contributed by atoms with Crippen molar-refractivity contribution >= 4 is 17.2 Å². The molecule has 2 aromatic rings. The Labute approximate surface area is 477 Å². The van der Waals surface area contributed by atoms with Gasteiger partial charge in [0.2, 0.25) is 0 Å². The molecule has 2 aromatic carbocycles. The summed E-state index contributed by atoms with van der Waals surface area (Å²) in [5.41, 5.74) is 1.18. The zero-order valence-corrected chi connectivity index (χ0v) is 54.0. The summed E-state index contributed by atoms with van der Waals surface area (Å²) in [4.78, 5) is 31.3. The second kappa shape index (κ2) is 68.0. The van der Waals surface area contributed by atoms with Gasteiger partial charge in [0.1, 0.15) is 11.5 Å². The van der Waals surface area contributed by atoms with Crippen molar-refractivity contribution in [3.05, 3.63) is 59.7 Å². The van der Waals surface area contributed by atoms with Crippen LogP contribution in [0.2, 0.25) is 0 Å². The van der Waals surface area contributed by atoms with Crippen LogP contribution in [-0.4, -0.2) is 29.8 Å². The predicted molar refractivity (Wildman–Crippen MR) is 341 cm³/mol. The fourth-order valence-corrected chi connectivity index (χ4v) is 9.69. The van der Waals surface area contributed by atoms with Crippen molar-refractivity contribution in [1.29, 1.82) is 0 Å². The fraction of sp³-hybridized carbons (Fsp3) is 0.821. The molecule has 0 unspecified atom stereocenters. The van der Waals surface area contributed by atoms with Crippen molar-refractivity contribution in [2.45, 2.75) is 357 Å². The average Bonchev–Trinajstić information content (AvgIpc) is 3.40. The summed E-state index contributed by atoms with van der Waals surface area (Å²) < 4.78 is 3.60. The summed E-state index contributed by atoms with van der Waals surface area (Å²) in [6.45, 7) is 22.2. The molecule has 0 aromatic heterocycles. The molecular formula is C67H132O7P2. The van der Waals surface area contributed by atoms with Gasteiger partial charge in [0.05, 0.1) is 0 Å². The lowest BCUT2D eigenvalue weighted by Gasteiger charge is -2.27. The van der Waals surface area contributed by atoms with Gasteiger partial charge in [-0.15, -0.1) is 0 Å². The van der Waals surface area contributed by atoms with Crippen LogP contribution in [0.5, 0.6) is 11.5 Å². The Hall–Kier alpha value is -1.30. The van der Waals surface area contributed by atoms with E-state index in [2.05, 4.69) is 59.7 Å². The Kier molecular flexibility index (Phi) is 72.6. The molecule has 6 N–H and O–H groups in total. The second-order valence-electron chi connectivity index (χ2n) is 22.0. The smallest absolute Gasteiger partial charge is 0.334 e. The first-order chi connectivity index (χ1) is 36.8. The topological polar surface area (TPSA) is 131 Å². The maximum absolute atomic E-state index is 9.92. The van der Waals surface area contributed by atoms with Gasteiger partial charge in [0.15, 0.2) is 0 Å². The molecule has 0 saturated carbocycles. The Morgan fingerprint density at radius 1 is 0.276 bits per heavy atom. The molecule has 0 bridgehead atoms. The molecule has 0 aliphatic rings. The van der Waals surface area contributed by atoms with E-state index in [0.29, 0.717) is 0 Å². The van der Waals surface area contributed by atoms with Crippen LogP contribution in [-0.2, 0) is 9.73 Å². The Balaban J connectivity index is -0.000000415. The van der Waals surface area contributed by atoms with E-state index in [-0.39, 0.29) is 11.5 Å². The average molecular weight is 1110 g/mol. The van der Waals surface area contributed by atoms with Gasteiger partial charge in [-0.3, -0.25) is 0 Å². The molecular weight excluding hydrogens is 979 g/mol. The number of benzene rings is 2. The Morgan fingerprint density at radius 2 is 0.421 bits per heavy atom. The lowest BCUT2D eigenvalue weighted by atomic mass is 9.77. The summed E-state index contributed by atoms with van der Waals surface area (Å²) in [6.07, 6.45) is 63.7. The van der Waals surface area contributed by atoms with Crippen molar-refractivity contribution in [1.82, 2.24) is 0 Å². The SMILES string of the molecule is CC(C)(c1ccccc1O)c1ccccc1O.CCCCCCCCCCCCC.CCCCCCCCCCCCC.CCCCCCCCCCCCC.CCCCCCCCCCCCC.OP(O)OP(O)O. The Morgan fingerprint density at radius 3 is 0.539 bits per heavy atom. The largest absolute Gasteiger partial charge is 0.508 e. The molecule has 0 spiro atoms. The first kappa shape index (κ1) is 81.2. The van der Waals surface area contributed by atoms with Gasteiger partial charge in [0.25, 0.3) is 0 Å². The lowest BCUT2D eigenvalue weighted by molar-refractivity contribution is 0.324. The fourth-order valence-electron chi connectivity index (χ4n) is 9.16. The zero-order valence-electron chi connectivity index (χ0n) is 52.2. The van der Waals surface area contributed by atoms with E-state index in [9.17, 15) is 10.2 Å². The highest BCUT2D eigenvalue weighted by Gasteiger charge is 2.28. The van der Waals surface area contributed by atoms with E-state index in [1.54, 1.807) is 24.3 Å². The molecule has 0 atom stereocenters. The van der Waals surface area contributed by atoms with Crippen LogP contribution >= 0.6 is 17.2 Å². The number of hydrogen-bond acceptors (Lipinski definition) is 7. The van der Waals surface area contributed by atoms with Crippen LogP contribution in [0.1, 0.15) is 363 Å². The summed E-state index contributed by atoms with van der Waals surface area (Å²) in [5, 5.41) is 19.8. The standard InChI is InChI=1S/C15H16O2.4C13H28.H4O5P2/c1-15(2,11-7-3-5-9-13(11)16)12-8-4-6-10-14(12)17;4*1-3-5-7-9-11-13-12-10-8-6-4-2;1-6(2)5-7(3)4/h3-10,16-17H,1-2H3;4*3-13H2,1-2H3;1-4H. The van der Waals surface area contributed by atoms with E-state index in [1.807, 2.05) is 38.1 Å². The number of aromatic hydroxyl groups is 2. The van der Waals surface area contributed by atoms with Crippen LogP contribution in [0, 0.1) is 0 Å². The molecule has 0 fully saturated rings. The predicted octanol–water partition coefficient (Wildman–Crippen LogP) is 24.1. The van der Waals surface area contributed by atoms with Gasteiger partial charge in [-0.2, -0.15) is 0 Å². The molecule has 0 amide bonds. The number of unbranched alkanes of at least 4 members (excludes halogenated alkanes) is 40. The van der Waals surface area contributed by atoms with Gasteiger partial charge >= 0.3 is 17.2 Å². The molecule has 7 nitrogen and oxygen atoms in total. The van der Waals surface area contributed by atoms with Crippen LogP contribution in [0.15, 0.2) is 48.5 Å². The van der Waals surface area contributed by atoms with Crippen molar-refractivity contribution in [2.24, 2.45) is 0 Å². The lowest BCUT2D eigenvalue weighted by Crippen LogP contribution is -2.19. The summed E-state index contributed by atoms with van der Waals surface area (Å²) in [6, 6.07) is 14.4. The molecule has 452 valence electrons. The number of phenolic OH excluding ortho intramolecular Hbond substituents is 2. The molecule has 76 heavy (non-hydrogen) atoms. The van der Waals surface area contributed by atoms with Gasteiger partial charge < -0.3 is 29.8 Å². The number of hydrogen-bond donors (Lipinski definition) is 6. The first-order valence-corrected chi connectivity index (χ1v) is 34.8. The van der Waals surface area contributed by atoms with E-state index < -0.39 is 22.6 Å². The number of rotatable bonds is 44. The van der Waals surface area contributed by atoms with Crippen LogP contribution < -0.4 is 0 Å². The number of para-hydroxylation sites is 2. The molecule has 0 aliphatic heterocycles. The van der Waals surface area contributed by atoms with Crippen LogP contribution in [0.4, 0.5) is 0 Å². The van der Waals surface area contributed by atoms with Crippen molar-refractivity contribution in [3.63, 3.8) is 0 Å². The maximum atomic E-state index is 9.92. The molecule has 0 heterocycles. The first-order valence-electron chi connectivity index (χ1n) is 32.4. The zero-order chi connectivity index (χ0) is 57.4.